The van der Waals surface area contributed by atoms with Crippen LogP contribution in [-0.4, -0.2) is 32.7 Å². The van der Waals surface area contributed by atoms with E-state index in [4.69, 9.17) is 0 Å². The summed E-state index contributed by atoms with van der Waals surface area (Å²) in [5, 5.41) is 15.0. The third kappa shape index (κ3) is 4.18. The number of carbonyl (C=O) groups is 1. The molecule has 1 atom stereocenters. The predicted octanol–water partition coefficient (Wildman–Crippen LogP) is 3.13. The molecular formula is C21H23N3O2. The predicted molar refractivity (Wildman–Crippen MR) is 101 cm³/mol. The van der Waals surface area contributed by atoms with Crippen molar-refractivity contribution in [1.82, 2.24) is 14.7 Å². The quantitative estimate of drug-likeness (QED) is 0.744. The zero-order valence-electron chi connectivity index (χ0n) is 15.0. The van der Waals surface area contributed by atoms with E-state index in [-0.39, 0.29) is 12.3 Å². The molecule has 134 valence electrons. The number of aliphatic hydroxyl groups is 1. The lowest BCUT2D eigenvalue weighted by molar-refractivity contribution is -0.135. The molecule has 0 spiro atoms. The van der Waals surface area contributed by atoms with E-state index in [1.807, 2.05) is 66.9 Å². The van der Waals surface area contributed by atoms with Gasteiger partial charge in [-0.25, -0.2) is 4.68 Å². The van der Waals surface area contributed by atoms with E-state index in [2.05, 4.69) is 5.10 Å². The van der Waals surface area contributed by atoms with Crippen molar-refractivity contribution in [1.29, 1.82) is 0 Å². The average Bonchev–Trinajstić information content (AvgIpc) is 3.11. The Bertz CT molecular complexity index is 857. The van der Waals surface area contributed by atoms with Crippen LogP contribution < -0.4 is 0 Å². The van der Waals surface area contributed by atoms with Crippen LogP contribution in [0.15, 0.2) is 73.1 Å². The number of hydrogen-bond acceptors (Lipinski definition) is 3. The largest absolute Gasteiger partial charge is 0.385 e. The monoisotopic (exact) mass is 349 g/mol. The van der Waals surface area contributed by atoms with Crippen molar-refractivity contribution >= 4 is 5.91 Å². The fourth-order valence-corrected chi connectivity index (χ4v) is 2.85. The number of amides is 1. The maximum Gasteiger partial charge on any atom is 0.225 e. The van der Waals surface area contributed by atoms with Gasteiger partial charge in [0.25, 0.3) is 0 Å². The fourth-order valence-electron chi connectivity index (χ4n) is 2.85. The molecule has 3 aromatic rings. The molecule has 1 N–H and O–H groups in total. The minimum atomic E-state index is -1.19. The van der Waals surface area contributed by atoms with Crippen molar-refractivity contribution in [3.8, 4) is 5.69 Å². The van der Waals surface area contributed by atoms with E-state index in [9.17, 15) is 9.90 Å². The number of benzene rings is 2. The Balaban J connectivity index is 1.64. The van der Waals surface area contributed by atoms with Crippen LogP contribution in [0.1, 0.15) is 24.5 Å². The Hall–Kier alpha value is -2.92. The molecule has 0 aliphatic heterocycles. The van der Waals surface area contributed by atoms with Gasteiger partial charge in [-0.05, 0) is 24.6 Å². The molecule has 2 aromatic carbocycles. The first-order valence-corrected chi connectivity index (χ1v) is 8.56. The molecule has 0 aliphatic carbocycles. The number of nitrogens with zero attached hydrogens (tertiary/aromatic N) is 3. The second-order valence-electron chi connectivity index (χ2n) is 6.70. The summed E-state index contributed by atoms with van der Waals surface area (Å²) in [7, 11) is 1.74. The van der Waals surface area contributed by atoms with Crippen molar-refractivity contribution in [2.45, 2.75) is 25.5 Å². The Morgan fingerprint density at radius 1 is 1.12 bits per heavy atom. The highest BCUT2D eigenvalue weighted by molar-refractivity contribution is 5.77. The van der Waals surface area contributed by atoms with Gasteiger partial charge in [0.15, 0.2) is 0 Å². The molecule has 26 heavy (non-hydrogen) atoms. The minimum absolute atomic E-state index is 0.0281. The summed E-state index contributed by atoms with van der Waals surface area (Å²) in [6.07, 6.45) is 3.70. The van der Waals surface area contributed by atoms with Gasteiger partial charge < -0.3 is 10.0 Å². The topological polar surface area (TPSA) is 58.4 Å². The van der Waals surface area contributed by atoms with Crippen molar-refractivity contribution in [2.24, 2.45) is 0 Å². The molecule has 0 bridgehead atoms. The van der Waals surface area contributed by atoms with Crippen molar-refractivity contribution < 1.29 is 9.90 Å². The SMILES string of the molecule is CN(Cc1cnn(-c2ccccc2)c1)C(=O)CC(C)(O)c1ccccc1. The summed E-state index contributed by atoms with van der Waals surface area (Å²) in [5.41, 5.74) is 1.45. The maximum atomic E-state index is 12.6. The van der Waals surface area contributed by atoms with Gasteiger partial charge in [-0.2, -0.15) is 5.10 Å². The molecule has 1 heterocycles. The van der Waals surface area contributed by atoms with Crippen molar-refractivity contribution in [3.63, 3.8) is 0 Å². The molecular weight excluding hydrogens is 326 g/mol. The lowest BCUT2D eigenvalue weighted by atomic mass is 9.92. The molecule has 5 heteroatoms. The average molecular weight is 349 g/mol. The van der Waals surface area contributed by atoms with Gasteiger partial charge >= 0.3 is 0 Å². The minimum Gasteiger partial charge on any atom is -0.385 e. The van der Waals surface area contributed by atoms with Gasteiger partial charge in [-0.3, -0.25) is 4.79 Å². The molecule has 1 aromatic heterocycles. The van der Waals surface area contributed by atoms with Crippen LogP contribution in [0.25, 0.3) is 5.69 Å². The van der Waals surface area contributed by atoms with Gasteiger partial charge in [0.05, 0.1) is 23.9 Å². The first kappa shape index (κ1) is 17.9. The lowest BCUT2D eigenvalue weighted by Crippen LogP contribution is -2.33. The van der Waals surface area contributed by atoms with Gasteiger partial charge in [-0.1, -0.05) is 48.5 Å². The third-order valence-corrected chi connectivity index (χ3v) is 4.39. The Morgan fingerprint density at radius 2 is 1.73 bits per heavy atom. The van der Waals surface area contributed by atoms with E-state index in [1.54, 1.807) is 29.7 Å². The summed E-state index contributed by atoms with van der Waals surface area (Å²) in [4.78, 5) is 14.2. The summed E-state index contributed by atoms with van der Waals surface area (Å²) >= 11 is 0. The number of para-hydroxylation sites is 1. The molecule has 5 nitrogen and oxygen atoms in total. The smallest absolute Gasteiger partial charge is 0.225 e. The zero-order chi connectivity index (χ0) is 18.6. The van der Waals surface area contributed by atoms with Crippen LogP contribution in [0.4, 0.5) is 0 Å². The van der Waals surface area contributed by atoms with Crippen LogP contribution in [0, 0.1) is 0 Å². The second-order valence-corrected chi connectivity index (χ2v) is 6.70. The highest BCUT2D eigenvalue weighted by Gasteiger charge is 2.28. The first-order valence-electron chi connectivity index (χ1n) is 8.56. The zero-order valence-corrected chi connectivity index (χ0v) is 15.0. The molecule has 0 aliphatic rings. The normalized spacial score (nSPS) is 13.2. The maximum absolute atomic E-state index is 12.6. The van der Waals surface area contributed by atoms with Crippen LogP contribution >= 0.6 is 0 Å². The van der Waals surface area contributed by atoms with Gasteiger partial charge in [-0.15, -0.1) is 0 Å². The molecule has 0 radical (unpaired) electrons. The van der Waals surface area contributed by atoms with Crippen molar-refractivity contribution in [3.05, 3.63) is 84.2 Å². The Kier molecular flexibility index (Phi) is 5.19. The van der Waals surface area contributed by atoms with Crippen LogP contribution in [0.3, 0.4) is 0 Å². The van der Waals surface area contributed by atoms with E-state index in [1.165, 1.54) is 0 Å². The third-order valence-electron chi connectivity index (χ3n) is 4.39. The van der Waals surface area contributed by atoms with Gasteiger partial charge in [0, 0.05) is 25.4 Å². The van der Waals surface area contributed by atoms with E-state index < -0.39 is 5.60 Å². The number of hydrogen-bond donors (Lipinski definition) is 1. The summed E-state index contributed by atoms with van der Waals surface area (Å²) in [6, 6.07) is 19.1. The molecule has 3 rings (SSSR count). The molecule has 1 unspecified atom stereocenters. The van der Waals surface area contributed by atoms with Crippen LogP contribution in [-0.2, 0) is 16.9 Å². The second kappa shape index (κ2) is 7.54. The first-order chi connectivity index (χ1) is 12.5. The highest BCUT2D eigenvalue weighted by atomic mass is 16.3. The highest BCUT2D eigenvalue weighted by Crippen LogP contribution is 2.25. The molecule has 0 saturated heterocycles. The van der Waals surface area contributed by atoms with Gasteiger partial charge in [0.1, 0.15) is 0 Å². The van der Waals surface area contributed by atoms with Crippen LogP contribution in [0.2, 0.25) is 0 Å². The molecule has 1 amide bonds. The Morgan fingerprint density at radius 3 is 2.38 bits per heavy atom. The number of rotatable bonds is 6. The van der Waals surface area contributed by atoms with E-state index in [0.717, 1.165) is 16.8 Å². The van der Waals surface area contributed by atoms with Crippen molar-refractivity contribution in [2.75, 3.05) is 7.05 Å². The van der Waals surface area contributed by atoms with E-state index >= 15 is 0 Å². The molecule has 0 fully saturated rings. The molecule has 0 saturated carbocycles. The Labute approximate surface area is 153 Å². The number of carbonyl (C=O) groups excluding carboxylic acids is 1. The van der Waals surface area contributed by atoms with Gasteiger partial charge in [0.2, 0.25) is 5.91 Å². The standard InChI is InChI=1S/C21H23N3O2/c1-21(26,18-9-5-3-6-10-18)13-20(25)23(2)15-17-14-22-24(16-17)19-11-7-4-8-12-19/h3-12,14,16,26H,13,15H2,1-2H3. The lowest BCUT2D eigenvalue weighted by Gasteiger charge is -2.26. The van der Waals surface area contributed by atoms with Crippen LogP contribution in [0.5, 0.6) is 0 Å². The fraction of sp³-hybridized carbons (Fsp3) is 0.238. The number of aromatic nitrogens is 2. The summed E-state index contributed by atoms with van der Waals surface area (Å²) < 4.78 is 1.79. The summed E-state index contributed by atoms with van der Waals surface area (Å²) in [6.45, 7) is 2.11. The van der Waals surface area contributed by atoms with E-state index in [0.29, 0.717) is 6.54 Å². The summed E-state index contributed by atoms with van der Waals surface area (Å²) in [5.74, 6) is -0.119.